The van der Waals surface area contributed by atoms with E-state index >= 15 is 0 Å². The Balaban J connectivity index is 1.36. The Labute approximate surface area is 231 Å². The van der Waals surface area contributed by atoms with Crippen molar-refractivity contribution in [2.24, 2.45) is 5.41 Å². The second kappa shape index (κ2) is 12.1. The van der Waals surface area contributed by atoms with Gasteiger partial charge in [-0.15, -0.1) is 0 Å². The van der Waals surface area contributed by atoms with Gasteiger partial charge in [0, 0.05) is 66.7 Å². The highest BCUT2D eigenvalue weighted by molar-refractivity contribution is 6.31. The van der Waals surface area contributed by atoms with E-state index in [4.69, 9.17) is 21.1 Å². The largest absolute Gasteiger partial charge is 0.493 e. The van der Waals surface area contributed by atoms with Crippen LogP contribution in [0.15, 0.2) is 48.7 Å². The fourth-order valence-electron chi connectivity index (χ4n) is 6.06. The number of likely N-dealkylation sites (tertiary alicyclic amines) is 1. The lowest BCUT2D eigenvalue weighted by Crippen LogP contribution is -2.50. The molecule has 3 aromatic rings. The van der Waals surface area contributed by atoms with Crippen molar-refractivity contribution in [1.82, 2.24) is 14.4 Å². The van der Waals surface area contributed by atoms with Crippen LogP contribution in [0.5, 0.6) is 5.75 Å². The van der Waals surface area contributed by atoms with Gasteiger partial charge in [0.15, 0.2) is 0 Å². The number of morpholine rings is 1. The number of hydrogen-bond acceptors (Lipinski definition) is 4. The van der Waals surface area contributed by atoms with Crippen molar-refractivity contribution < 1.29 is 14.3 Å². The summed E-state index contributed by atoms with van der Waals surface area (Å²) in [4.78, 5) is 18.0. The second-order valence-electron chi connectivity index (χ2n) is 11.0. The fourth-order valence-corrected chi connectivity index (χ4v) is 6.18. The summed E-state index contributed by atoms with van der Waals surface area (Å²) in [6, 6.07) is 14.5. The molecule has 0 bridgehead atoms. The van der Waals surface area contributed by atoms with E-state index in [1.165, 1.54) is 16.5 Å². The number of amides is 1. The number of carbonyl (C=O) groups excluding carboxylic acids is 1. The van der Waals surface area contributed by atoms with Crippen molar-refractivity contribution in [2.45, 2.75) is 52.6 Å². The van der Waals surface area contributed by atoms with Crippen molar-refractivity contribution in [1.29, 1.82) is 0 Å². The summed E-state index contributed by atoms with van der Waals surface area (Å²) in [5, 5.41) is 2.06. The predicted molar refractivity (Wildman–Crippen MR) is 153 cm³/mol. The summed E-state index contributed by atoms with van der Waals surface area (Å²) in [6.45, 7) is 11.1. The summed E-state index contributed by atoms with van der Waals surface area (Å²) in [7, 11) is 0. The average Bonchev–Trinajstić information content (AvgIpc) is 3.27. The highest BCUT2D eigenvalue weighted by Crippen LogP contribution is 2.37. The van der Waals surface area contributed by atoms with Gasteiger partial charge in [0.05, 0.1) is 19.8 Å². The average molecular weight is 538 g/mol. The molecule has 1 unspecified atom stereocenters. The zero-order chi connectivity index (χ0) is 26.5. The first-order chi connectivity index (χ1) is 18.5. The molecular weight excluding hydrogens is 498 g/mol. The maximum absolute atomic E-state index is 13.5. The minimum Gasteiger partial charge on any atom is -0.493 e. The number of benzene rings is 2. The number of ether oxygens (including phenoxy) is 2. The quantitative estimate of drug-likeness (QED) is 0.340. The van der Waals surface area contributed by atoms with Gasteiger partial charge in [-0.2, -0.15) is 0 Å². The van der Waals surface area contributed by atoms with E-state index in [0.29, 0.717) is 39.3 Å². The summed E-state index contributed by atoms with van der Waals surface area (Å²) in [5.41, 5.74) is 3.41. The van der Waals surface area contributed by atoms with E-state index in [2.05, 4.69) is 46.9 Å². The third-order valence-electron chi connectivity index (χ3n) is 8.03. The number of aromatic nitrogens is 1. The highest BCUT2D eigenvalue weighted by atomic mass is 35.5. The molecule has 0 spiro atoms. The molecule has 38 heavy (non-hydrogen) atoms. The first-order valence-corrected chi connectivity index (χ1v) is 14.4. The Kier molecular flexibility index (Phi) is 8.61. The monoisotopic (exact) mass is 537 g/mol. The maximum Gasteiger partial charge on any atom is 0.223 e. The topological polar surface area (TPSA) is 46.9 Å². The van der Waals surface area contributed by atoms with Gasteiger partial charge in [-0.25, -0.2) is 0 Å². The number of fused-ring (bicyclic) bond motifs is 1. The maximum atomic E-state index is 13.5. The molecule has 1 aromatic heterocycles. The molecule has 0 N–H and O–H groups in total. The third-order valence-corrected chi connectivity index (χ3v) is 8.46. The summed E-state index contributed by atoms with van der Waals surface area (Å²) in [5.74, 6) is 1.02. The van der Waals surface area contributed by atoms with Crippen LogP contribution in [0.3, 0.4) is 0 Å². The number of halogens is 1. The summed E-state index contributed by atoms with van der Waals surface area (Å²) in [6.07, 6.45) is 5.96. The predicted octanol–water partition coefficient (Wildman–Crippen LogP) is 5.92. The van der Waals surface area contributed by atoms with E-state index in [9.17, 15) is 4.79 Å². The van der Waals surface area contributed by atoms with E-state index in [1.54, 1.807) is 0 Å². The molecule has 2 aliphatic rings. The van der Waals surface area contributed by atoms with Crippen molar-refractivity contribution in [3.63, 3.8) is 0 Å². The van der Waals surface area contributed by atoms with Crippen molar-refractivity contribution in [3.05, 3.63) is 64.8 Å². The third kappa shape index (κ3) is 6.19. The highest BCUT2D eigenvalue weighted by Gasteiger charge is 2.40. The van der Waals surface area contributed by atoms with Crippen LogP contribution in [0.1, 0.15) is 43.7 Å². The van der Waals surface area contributed by atoms with Gasteiger partial charge in [-0.05, 0) is 68.1 Å². The molecule has 2 fully saturated rings. The minimum atomic E-state index is -0.247. The van der Waals surface area contributed by atoms with E-state index < -0.39 is 0 Å². The molecule has 2 aromatic carbocycles. The lowest BCUT2D eigenvalue weighted by atomic mass is 9.77. The molecule has 3 heterocycles. The Bertz CT molecular complexity index is 1250. The van der Waals surface area contributed by atoms with Crippen molar-refractivity contribution >= 4 is 28.4 Å². The number of para-hydroxylation sites is 1. The molecule has 204 valence electrons. The van der Waals surface area contributed by atoms with E-state index in [1.807, 2.05) is 30.0 Å². The molecule has 0 radical (unpaired) electrons. The molecule has 0 aliphatic carbocycles. The zero-order valence-corrected chi connectivity index (χ0v) is 23.5. The normalized spacial score (nSPS) is 20.7. The Morgan fingerprint density at radius 2 is 1.95 bits per heavy atom. The lowest BCUT2D eigenvalue weighted by Gasteiger charge is -2.43. The van der Waals surface area contributed by atoms with Gasteiger partial charge in [0.25, 0.3) is 0 Å². The summed E-state index contributed by atoms with van der Waals surface area (Å²) >= 11 is 6.25. The van der Waals surface area contributed by atoms with Gasteiger partial charge in [-0.3, -0.25) is 9.69 Å². The zero-order valence-electron chi connectivity index (χ0n) is 22.8. The minimum absolute atomic E-state index is 0.214. The van der Waals surface area contributed by atoms with Crippen molar-refractivity contribution in [2.75, 3.05) is 46.0 Å². The van der Waals surface area contributed by atoms with Crippen LogP contribution >= 0.6 is 11.6 Å². The Hall–Kier alpha value is -2.54. The van der Waals surface area contributed by atoms with Crippen LogP contribution in [-0.4, -0.2) is 66.3 Å². The molecule has 1 atom stereocenters. The van der Waals surface area contributed by atoms with Crippen LogP contribution in [-0.2, 0) is 22.6 Å². The van der Waals surface area contributed by atoms with Crippen LogP contribution in [0.2, 0.25) is 5.02 Å². The van der Waals surface area contributed by atoms with Crippen LogP contribution in [0.4, 0.5) is 0 Å². The van der Waals surface area contributed by atoms with Crippen LogP contribution in [0.25, 0.3) is 10.9 Å². The molecule has 6 nitrogen and oxygen atoms in total. The molecule has 2 saturated heterocycles. The first-order valence-electron chi connectivity index (χ1n) is 14.0. The summed E-state index contributed by atoms with van der Waals surface area (Å²) < 4.78 is 14.3. The molecule has 2 aliphatic heterocycles. The number of aryl methyl sites for hydroxylation is 2. The number of piperidine rings is 1. The number of hydrogen-bond donors (Lipinski definition) is 0. The fraction of sp³-hybridized carbons (Fsp3) is 0.516. The van der Waals surface area contributed by atoms with E-state index in [0.717, 1.165) is 61.8 Å². The van der Waals surface area contributed by atoms with Gasteiger partial charge in [0.2, 0.25) is 5.91 Å². The molecule has 5 rings (SSSR count). The van der Waals surface area contributed by atoms with Crippen LogP contribution in [0, 0.1) is 12.3 Å². The Morgan fingerprint density at radius 1 is 1.13 bits per heavy atom. The lowest BCUT2D eigenvalue weighted by molar-refractivity contribution is -0.139. The number of carbonyl (C=O) groups is 1. The first kappa shape index (κ1) is 27.0. The number of rotatable bonds is 9. The second-order valence-corrected chi connectivity index (χ2v) is 11.5. The number of nitrogens with zero attached hydrogens (tertiary/aromatic N) is 3. The molecular formula is C31H40ClN3O3. The van der Waals surface area contributed by atoms with Gasteiger partial charge in [-0.1, -0.05) is 36.7 Å². The SMILES string of the molecule is CCCn1cc(CN2CCCC(COc3ccc(Cl)c(C)c3)(CC(=O)N3CCOCC3)C2)c2ccccc21. The Morgan fingerprint density at radius 3 is 2.74 bits per heavy atom. The van der Waals surface area contributed by atoms with Crippen LogP contribution < -0.4 is 4.74 Å². The van der Waals surface area contributed by atoms with Gasteiger partial charge < -0.3 is 18.9 Å². The van der Waals surface area contributed by atoms with Gasteiger partial charge in [0.1, 0.15) is 5.75 Å². The smallest absolute Gasteiger partial charge is 0.223 e. The van der Waals surface area contributed by atoms with E-state index in [-0.39, 0.29) is 11.3 Å². The molecule has 7 heteroatoms. The van der Waals surface area contributed by atoms with Gasteiger partial charge >= 0.3 is 0 Å². The standard InChI is InChI=1S/C31H40ClN3O3/c1-3-12-35-21-25(27-7-4-5-8-29(27)35)20-33-13-6-11-31(22-33,19-30(36)34-14-16-37-17-15-34)23-38-26-9-10-28(32)24(2)18-26/h4-5,7-10,18,21H,3,6,11-17,19-20,22-23H2,1-2H3. The van der Waals surface area contributed by atoms with Crippen molar-refractivity contribution in [3.8, 4) is 5.75 Å². The molecule has 1 amide bonds. The molecule has 0 saturated carbocycles.